The maximum Gasteiger partial charge on any atom is 0.238 e. The van der Waals surface area contributed by atoms with Crippen molar-refractivity contribution in [1.29, 1.82) is 0 Å². The first-order valence-corrected chi connectivity index (χ1v) is 11.0. The first-order valence-electron chi connectivity index (χ1n) is 10.2. The minimum Gasteiger partial charge on any atom is -0.341 e. The van der Waals surface area contributed by atoms with Gasteiger partial charge in [0.1, 0.15) is 0 Å². The van der Waals surface area contributed by atoms with Crippen LogP contribution in [0.1, 0.15) is 20.3 Å². The van der Waals surface area contributed by atoms with Crippen molar-refractivity contribution in [3.8, 4) is 0 Å². The molecule has 0 spiro atoms. The Bertz CT molecular complexity index is 681. The number of piperidine rings is 1. The third kappa shape index (κ3) is 6.03. The minimum absolute atomic E-state index is 0.00674. The number of likely N-dealkylation sites (tertiary alicyclic amines) is 1. The number of hydrogen-bond acceptors (Lipinski definition) is 4. The van der Waals surface area contributed by atoms with Gasteiger partial charge >= 0.3 is 0 Å². The van der Waals surface area contributed by atoms with Gasteiger partial charge in [0, 0.05) is 43.7 Å². The summed E-state index contributed by atoms with van der Waals surface area (Å²) in [5, 5.41) is 2.95. The van der Waals surface area contributed by atoms with Crippen LogP contribution in [-0.2, 0) is 9.59 Å². The van der Waals surface area contributed by atoms with E-state index in [0.717, 1.165) is 49.4 Å². The van der Waals surface area contributed by atoms with Crippen LogP contribution >= 0.6 is 15.9 Å². The Labute approximate surface area is 176 Å². The third-order valence-electron chi connectivity index (χ3n) is 5.56. The van der Waals surface area contributed by atoms with Crippen molar-refractivity contribution >= 4 is 33.4 Å². The molecule has 1 aromatic carbocycles. The quantitative estimate of drug-likeness (QED) is 0.748. The van der Waals surface area contributed by atoms with E-state index >= 15 is 0 Å². The molecule has 2 aliphatic rings. The molecule has 2 heterocycles. The van der Waals surface area contributed by atoms with Gasteiger partial charge in [-0.05, 0) is 46.3 Å². The van der Waals surface area contributed by atoms with Crippen LogP contribution in [0.4, 0.5) is 5.69 Å². The zero-order valence-electron chi connectivity index (χ0n) is 16.9. The Hall–Kier alpha value is -1.44. The Balaban J connectivity index is 1.40. The topological polar surface area (TPSA) is 55.9 Å². The van der Waals surface area contributed by atoms with Crippen molar-refractivity contribution in [2.45, 2.75) is 20.3 Å². The van der Waals surface area contributed by atoms with Gasteiger partial charge in [0.2, 0.25) is 11.8 Å². The van der Waals surface area contributed by atoms with Crippen molar-refractivity contribution in [3.63, 3.8) is 0 Å². The largest absolute Gasteiger partial charge is 0.341 e. The summed E-state index contributed by atoms with van der Waals surface area (Å²) < 4.78 is 0.882. The summed E-state index contributed by atoms with van der Waals surface area (Å²) in [5.74, 6) is 1.42. The van der Waals surface area contributed by atoms with Gasteiger partial charge in [-0.3, -0.25) is 19.4 Å². The zero-order valence-corrected chi connectivity index (χ0v) is 18.5. The highest BCUT2D eigenvalue weighted by Gasteiger charge is 2.27. The van der Waals surface area contributed by atoms with E-state index in [-0.39, 0.29) is 11.8 Å². The molecule has 6 nitrogen and oxygen atoms in total. The van der Waals surface area contributed by atoms with Crippen LogP contribution in [0.25, 0.3) is 0 Å². The van der Waals surface area contributed by atoms with Crippen LogP contribution in [0, 0.1) is 11.8 Å². The molecule has 2 saturated heterocycles. The molecule has 28 heavy (non-hydrogen) atoms. The van der Waals surface area contributed by atoms with Crippen LogP contribution in [-0.4, -0.2) is 78.9 Å². The van der Waals surface area contributed by atoms with Gasteiger partial charge in [-0.25, -0.2) is 0 Å². The molecule has 0 radical (unpaired) electrons. The summed E-state index contributed by atoms with van der Waals surface area (Å²) in [5.41, 5.74) is 0.793. The molecule has 0 saturated carbocycles. The number of amides is 2. The second-order valence-corrected chi connectivity index (χ2v) is 9.18. The lowest BCUT2D eigenvalue weighted by Gasteiger charge is -2.38. The van der Waals surface area contributed by atoms with E-state index in [1.54, 1.807) is 0 Å². The predicted octanol–water partition coefficient (Wildman–Crippen LogP) is 2.51. The molecular formula is C21H31BrN4O2. The smallest absolute Gasteiger partial charge is 0.238 e. The second kappa shape index (κ2) is 9.85. The number of hydrogen-bond donors (Lipinski definition) is 1. The normalized spacial score (nSPS) is 24.2. The van der Waals surface area contributed by atoms with E-state index in [2.05, 4.69) is 44.9 Å². The van der Waals surface area contributed by atoms with Crippen molar-refractivity contribution in [2.75, 3.05) is 57.7 Å². The zero-order chi connectivity index (χ0) is 20.1. The molecule has 1 aromatic rings. The van der Waals surface area contributed by atoms with Gasteiger partial charge in [-0.2, -0.15) is 0 Å². The lowest BCUT2D eigenvalue weighted by atomic mass is 9.92. The van der Waals surface area contributed by atoms with E-state index in [1.807, 2.05) is 29.2 Å². The van der Waals surface area contributed by atoms with E-state index in [9.17, 15) is 9.59 Å². The molecule has 7 heteroatoms. The number of carbonyl (C=O) groups excluding carboxylic acids is 2. The fourth-order valence-electron chi connectivity index (χ4n) is 4.22. The SMILES string of the molecule is C[C@@H]1C[C@@H](C)CN(C(=O)CN2CCN(CC(=O)Nc3ccccc3Br)CC2)C1. The molecule has 3 rings (SSSR count). The van der Waals surface area contributed by atoms with Crippen LogP contribution in [0.5, 0.6) is 0 Å². The van der Waals surface area contributed by atoms with Crippen LogP contribution in [0.15, 0.2) is 28.7 Å². The van der Waals surface area contributed by atoms with Crippen molar-refractivity contribution < 1.29 is 9.59 Å². The number of rotatable bonds is 5. The summed E-state index contributed by atoms with van der Waals surface area (Å²) >= 11 is 3.45. The average molecular weight is 451 g/mol. The first kappa shape index (κ1) is 21.3. The molecular weight excluding hydrogens is 420 g/mol. The number of nitrogens with zero attached hydrogens (tertiary/aromatic N) is 3. The Kier molecular flexibility index (Phi) is 7.48. The summed E-state index contributed by atoms with van der Waals surface area (Å²) in [6, 6.07) is 7.62. The minimum atomic E-state index is -0.00674. The second-order valence-electron chi connectivity index (χ2n) is 8.33. The fourth-order valence-corrected chi connectivity index (χ4v) is 4.60. The highest BCUT2D eigenvalue weighted by molar-refractivity contribution is 9.10. The van der Waals surface area contributed by atoms with Gasteiger partial charge in [0.15, 0.2) is 0 Å². The van der Waals surface area contributed by atoms with E-state index < -0.39 is 0 Å². The Morgan fingerprint density at radius 2 is 1.57 bits per heavy atom. The number of piperazine rings is 1. The maximum absolute atomic E-state index is 12.7. The van der Waals surface area contributed by atoms with Gasteiger partial charge in [-0.1, -0.05) is 26.0 Å². The predicted molar refractivity (Wildman–Crippen MR) is 115 cm³/mol. The van der Waals surface area contributed by atoms with Crippen LogP contribution in [0.2, 0.25) is 0 Å². The Morgan fingerprint density at radius 3 is 2.18 bits per heavy atom. The van der Waals surface area contributed by atoms with Crippen molar-refractivity contribution in [2.24, 2.45) is 11.8 Å². The fraction of sp³-hybridized carbons (Fsp3) is 0.619. The average Bonchev–Trinajstić information content (AvgIpc) is 2.64. The standard InChI is InChI=1S/C21H31BrN4O2/c1-16-11-17(2)13-26(12-16)21(28)15-25-9-7-24(8-10-25)14-20(27)23-19-6-4-3-5-18(19)22/h3-6,16-17H,7-15H2,1-2H3,(H,23,27)/t16-,17-/m1/s1. The summed E-state index contributed by atoms with van der Waals surface area (Å²) in [6.45, 7) is 10.4. The molecule has 2 amide bonds. The maximum atomic E-state index is 12.7. The van der Waals surface area contributed by atoms with Crippen LogP contribution in [0.3, 0.4) is 0 Å². The Morgan fingerprint density at radius 1 is 1.00 bits per heavy atom. The summed E-state index contributed by atoms with van der Waals surface area (Å²) in [6.07, 6.45) is 1.21. The monoisotopic (exact) mass is 450 g/mol. The number of carbonyl (C=O) groups is 2. The lowest BCUT2D eigenvalue weighted by Crippen LogP contribution is -2.52. The molecule has 2 fully saturated rings. The van der Waals surface area contributed by atoms with E-state index in [0.29, 0.717) is 24.9 Å². The highest BCUT2D eigenvalue weighted by atomic mass is 79.9. The highest BCUT2D eigenvalue weighted by Crippen LogP contribution is 2.22. The molecule has 154 valence electrons. The molecule has 0 aromatic heterocycles. The van der Waals surface area contributed by atoms with E-state index in [4.69, 9.17) is 0 Å². The molecule has 2 aliphatic heterocycles. The van der Waals surface area contributed by atoms with Gasteiger partial charge < -0.3 is 10.2 Å². The molecule has 1 N–H and O–H groups in total. The first-order chi connectivity index (χ1) is 13.4. The van der Waals surface area contributed by atoms with Gasteiger partial charge in [0.05, 0.1) is 18.8 Å². The number of anilines is 1. The molecule has 0 bridgehead atoms. The number of para-hydroxylation sites is 1. The lowest BCUT2D eigenvalue weighted by molar-refractivity contribution is -0.135. The molecule has 2 atom stereocenters. The van der Waals surface area contributed by atoms with Gasteiger partial charge in [0.25, 0.3) is 0 Å². The number of halogens is 1. The molecule has 0 unspecified atom stereocenters. The van der Waals surface area contributed by atoms with E-state index in [1.165, 1.54) is 6.42 Å². The van der Waals surface area contributed by atoms with Crippen LogP contribution < -0.4 is 5.32 Å². The number of nitrogens with one attached hydrogen (secondary N) is 1. The van der Waals surface area contributed by atoms with Crippen molar-refractivity contribution in [1.82, 2.24) is 14.7 Å². The summed E-state index contributed by atoms with van der Waals surface area (Å²) in [4.78, 5) is 31.4. The number of benzene rings is 1. The van der Waals surface area contributed by atoms with Gasteiger partial charge in [-0.15, -0.1) is 0 Å². The summed E-state index contributed by atoms with van der Waals surface area (Å²) in [7, 11) is 0. The van der Waals surface area contributed by atoms with Crippen molar-refractivity contribution in [3.05, 3.63) is 28.7 Å². The molecule has 0 aliphatic carbocycles. The third-order valence-corrected chi connectivity index (χ3v) is 6.25.